The van der Waals surface area contributed by atoms with Gasteiger partial charge in [0.25, 0.3) is 6.43 Å². The molecule has 9 heteroatoms. The van der Waals surface area contributed by atoms with Crippen LogP contribution in [0.1, 0.15) is 29.7 Å². The van der Waals surface area contributed by atoms with Crippen LogP contribution < -0.4 is 4.73 Å². The molecule has 0 spiro atoms. The van der Waals surface area contributed by atoms with Gasteiger partial charge in [-0.15, -0.1) is 0 Å². The molecule has 0 radical (unpaired) electrons. The maximum absolute atomic E-state index is 14.4. The van der Waals surface area contributed by atoms with E-state index in [-0.39, 0.29) is 33.7 Å². The highest BCUT2D eigenvalue weighted by Gasteiger charge is 2.51. The Morgan fingerprint density at radius 1 is 1.40 bits per heavy atom. The Hall–Kier alpha value is -2.32. The van der Waals surface area contributed by atoms with Gasteiger partial charge in [-0.1, -0.05) is 17.7 Å². The summed E-state index contributed by atoms with van der Waals surface area (Å²) in [6.07, 6.45) is -2.46. The molecule has 1 unspecified atom stereocenters. The number of hydrogen-bond donors (Lipinski definition) is 2. The highest BCUT2D eigenvalue weighted by molar-refractivity contribution is 6.31. The number of halogens is 4. The van der Waals surface area contributed by atoms with E-state index in [2.05, 4.69) is 0 Å². The van der Waals surface area contributed by atoms with E-state index in [1.54, 1.807) is 0 Å². The lowest BCUT2D eigenvalue weighted by molar-refractivity contribution is -0.620. The Kier molecular flexibility index (Phi) is 4.12. The zero-order valence-electron chi connectivity index (χ0n) is 12.5. The SMILES string of the molecule is O=C(O)C1(O)CCc2cc(-c3c(C(F)F)ccc(Cl)c3F)c[n+]([O-])c21. The minimum atomic E-state index is -3.01. The quantitative estimate of drug-likeness (QED) is 0.640. The van der Waals surface area contributed by atoms with E-state index in [4.69, 9.17) is 16.7 Å². The number of carboxylic acid groups (broad SMARTS) is 1. The fourth-order valence-electron chi connectivity index (χ4n) is 3.08. The lowest BCUT2D eigenvalue weighted by Gasteiger charge is -2.18. The Morgan fingerprint density at radius 2 is 2.08 bits per heavy atom. The first-order valence-corrected chi connectivity index (χ1v) is 7.53. The summed E-state index contributed by atoms with van der Waals surface area (Å²) in [5.74, 6) is -2.70. The molecule has 0 amide bonds. The third kappa shape index (κ3) is 2.61. The van der Waals surface area contributed by atoms with Gasteiger partial charge in [0.2, 0.25) is 11.3 Å². The first kappa shape index (κ1) is 17.5. The van der Waals surface area contributed by atoms with Gasteiger partial charge in [0, 0.05) is 23.1 Å². The van der Waals surface area contributed by atoms with Crippen molar-refractivity contribution >= 4 is 17.6 Å². The number of nitrogens with zero attached hydrogens (tertiary/aromatic N) is 1. The third-order valence-electron chi connectivity index (χ3n) is 4.26. The van der Waals surface area contributed by atoms with Crippen molar-refractivity contribution in [2.45, 2.75) is 24.9 Å². The van der Waals surface area contributed by atoms with Gasteiger partial charge < -0.3 is 15.4 Å². The second-order valence-corrected chi connectivity index (χ2v) is 6.13. The molecular weight excluding hydrogens is 363 g/mol. The van der Waals surface area contributed by atoms with Crippen LogP contribution >= 0.6 is 11.6 Å². The minimum absolute atomic E-state index is 0.0282. The van der Waals surface area contributed by atoms with Gasteiger partial charge in [-0.05, 0) is 18.6 Å². The number of aliphatic hydroxyl groups is 1. The van der Waals surface area contributed by atoms with E-state index in [0.29, 0.717) is 0 Å². The minimum Gasteiger partial charge on any atom is -0.618 e. The van der Waals surface area contributed by atoms with Gasteiger partial charge in [0.15, 0.2) is 6.20 Å². The van der Waals surface area contributed by atoms with Crippen LogP contribution in [-0.2, 0) is 16.8 Å². The molecule has 0 saturated heterocycles. The van der Waals surface area contributed by atoms with Gasteiger partial charge in [-0.2, -0.15) is 4.73 Å². The van der Waals surface area contributed by atoms with Crippen LogP contribution in [0.3, 0.4) is 0 Å². The number of rotatable bonds is 3. The number of carboxylic acids is 1. The summed E-state index contributed by atoms with van der Waals surface area (Å²) < 4.78 is 40.9. The molecule has 25 heavy (non-hydrogen) atoms. The molecule has 132 valence electrons. The van der Waals surface area contributed by atoms with Gasteiger partial charge in [0.1, 0.15) is 5.82 Å². The normalized spacial score (nSPS) is 19.3. The molecule has 1 aliphatic carbocycles. The Labute approximate surface area is 144 Å². The molecule has 1 aromatic carbocycles. The Morgan fingerprint density at radius 3 is 2.68 bits per heavy atom. The molecule has 0 fully saturated rings. The fraction of sp³-hybridized carbons (Fsp3) is 0.250. The number of aliphatic carboxylic acids is 1. The van der Waals surface area contributed by atoms with Crippen LogP contribution in [-0.4, -0.2) is 16.2 Å². The van der Waals surface area contributed by atoms with E-state index < -0.39 is 40.6 Å². The molecule has 1 aromatic heterocycles. The number of carbonyl (C=O) groups is 1. The number of benzene rings is 1. The lowest BCUT2D eigenvalue weighted by Crippen LogP contribution is -2.45. The second kappa shape index (κ2) is 5.89. The van der Waals surface area contributed by atoms with Crippen molar-refractivity contribution in [3.63, 3.8) is 0 Å². The van der Waals surface area contributed by atoms with E-state index in [9.17, 15) is 28.3 Å². The molecule has 0 bridgehead atoms. The van der Waals surface area contributed by atoms with Crippen LogP contribution in [0.25, 0.3) is 11.1 Å². The van der Waals surface area contributed by atoms with E-state index in [1.165, 1.54) is 6.07 Å². The van der Waals surface area contributed by atoms with Crippen molar-refractivity contribution in [2.75, 3.05) is 0 Å². The monoisotopic (exact) mass is 373 g/mol. The third-order valence-corrected chi connectivity index (χ3v) is 4.56. The van der Waals surface area contributed by atoms with Gasteiger partial charge in [-0.3, -0.25) is 0 Å². The standard InChI is InChI=1S/C16H11ClF3NO4/c17-10-2-1-9(14(19)20)11(12(10)18)8-5-7-3-4-16(24,15(22)23)13(7)21(25)6-8/h1-2,5-6,14,24H,3-4H2,(H,22,23). The van der Waals surface area contributed by atoms with Gasteiger partial charge >= 0.3 is 5.97 Å². The molecule has 0 saturated carbocycles. The number of hydrogen-bond acceptors (Lipinski definition) is 3. The van der Waals surface area contributed by atoms with Crippen LogP contribution in [0, 0.1) is 11.0 Å². The number of fused-ring (bicyclic) bond motifs is 1. The number of aromatic nitrogens is 1. The molecule has 1 atom stereocenters. The second-order valence-electron chi connectivity index (χ2n) is 5.72. The van der Waals surface area contributed by atoms with Crippen molar-refractivity contribution in [3.05, 3.63) is 57.3 Å². The zero-order valence-corrected chi connectivity index (χ0v) is 13.2. The summed E-state index contributed by atoms with van der Waals surface area (Å²) in [4.78, 5) is 11.3. The van der Waals surface area contributed by atoms with E-state index in [1.807, 2.05) is 0 Å². The summed E-state index contributed by atoms with van der Waals surface area (Å²) in [6.45, 7) is 0. The molecule has 3 rings (SSSR count). The number of aryl methyl sites for hydroxylation is 1. The van der Waals surface area contributed by atoms with Crippen molar-refractivity contribution in [2.24, 2.45) is 0 Å². The average molecular weight is 374 g/mol. The molecule has 1 aliphatic rings. The zero-order chi connectivity index (χ0) is 18.5. The molecular formula is C16H11ClF3NO4. The summed E-state index contributed by atoms with van der Waals surface area (Å²) in [5, 5.41) is 31.2. The first-order chi connectivity index (χ1) is 11.7. The van der Waals surface area contributed by atoms with Gasteiger partial charge in [0.05, 0.1) is 10.6 Å². The van der Waals surface area contributed by atoms with E-state index in [0.717, 1.165) is 18.3 Å². The van der Waals surface area contributed by atoms with Crippen molar-refractivity contribution in [1.29, 1.82) is 0 Å². The maximum Gasteiger partial charge on any atom is 0.346 e. The van der Waals surface area contributed by atoms with E-state index >= 15 is 0 Å². The predicted octanol–water partition coefficient (Wildman–Crippen LogP) is 2.94. The molecule has 0 aliphatic heterocycles. The van der Waals surface area contributed by atoms with Crippen molar-refractivity contribution in [3.8, 4) is 11.1 Å². The average Bonchev–Trinajstić information content (AvgIpc) is 2.88. The Bertz CT molecular complexity index is 890. The highest BCUT2D eigenvalue weighted by atomic mass is 35.5. The number of pyridine rings is 1. The summed E-state index contributed by atoms with van der Waals surface area (Å²) in [6, 6.07) is 3.18. The summed E-state index contributed by atoms with van der Waals surface area (Å²) in [5.41, 5.74) is -3.96. The van der Waals surface area contributed by atoms with Crippen molar-refractivity contribution in [1.82, 2.24) is 0 Å². The largest absolute Gasteiger partial charge is 0.618 e. The first-order valence-electron chi connectivity index (χ1n) is 7.15. The molecule has 1 heterocycles. The number of alkyl halides is 2. The van der Waals surface area contributed by atoms with Crippen LogP contribution in [0.5, 0.6) is 0 Å². The lowest BCUT2D eigenvalue weighted by atomic mass is 9.97. The molecule has 2 aromatic rings. The van der Waals surface area contributed by atoms with Crippen LogP contribution in [0.2, 0.25) is 5.02 Å². The van der Waals surface area contributed by atoms with Crippen molar-refractivity contribution < 1.29 is 32.9 Å². The highest BCUT2D eigenvalue weighted by Crippen LogP contribution is 2.40. The molecule has 2 N–H and O–H groups in total. The Balaban J connectivity index is 2.25. The fourth-order valence-corrected chi connectivity index (χ4v) is 3.24. The van der Waals surface area contributed by atoms with Gasteiger partial charge in [-0.25, -0.2) is 18.0 Å². The molecule has 5 nitrogen and oxygen atoms in total. The topological polar surface area (TPSA) is 84.5 Å². The smallest absolute Gasteiger partial charge is 0.346 e. The summed E-state index contributed by atoms with van der Waals surface area (Å²) in [7, 11) is 0. The predicted molar refractivity (Wildman–Crippen MR) is 80.6 cm³/mol. The summed E-state index contributed by atoms with van der Waals surface area (Å²) >= 11 is 5.66. The maximum atomic E-state index is 14.4. The van der Waals surface area contributed by atoms with Crippen LogP contribution in [0.15, 0.2) is 24.4 Å². The van der Waals surface area contributed by atoms with Crippen LogP contribution in [0.4, 0.5) is 13.2 Å².